The molecule has 0 spiro atoms. The topological polar surface area (TPSA) is 92.8 Å². The third-order valence-corrected chi connectivity index (χ3v) is 8.51. The van der Waals surface area contributed by atoms with Gasteiger partial charge >= 0.3 is 5.97 Å². The van der Waals surface area contributed by atoms with Gasteiger partial charge in [0, 0.05) is 17.0 Å². The summed E-state index contributed by atoms with van der Waals surface area (Å²) < 4.78 is 11.8. The van der Waals surface area contributed by atoms with Crippen LogP contribution in [0.5, 0.6) is 5.75 Å². The first-order chi connectivity index (χ1) is 18.7. The van der Waals surface area contributed by atoms with Crippen molar-refractivity contribution in [3.05, 3.63) is 104 Å². The third kappa shape index (κ3) is 5.03. The molecule has 4 aromatic rings. The zero-order valence-electron chi connectivity index (χ0n) is 20.7. The summed E-state index contributed by atoms with van der Waals surface area (Å²) >= 11 is 19.5. The molecule has 39 heavy (non-hydrogen) atoms. The first-order valence-corrected chi connectivity index (χ1v) is 13.8. The summed E-state index contributed by atoms with van der Waals surface area (Å²) in [5.74, 6) is 0.699. The molecule has 1 aromatic heterocycles. The maximum Gasteiger partial charge on any atom is 0.335 e. The Kier molecular flexibility index (Phi) is 6.84. The van der Waals surface area contributed by atoms with Crippen LogP contribution >= 0.6 is 34.8 Å². The fourth-order valence-corrected chi connectivity index (χ4v) is 6.23. The van der Waals surface area contributed by atoms with Crippen LogP contribution in [-0.2, 0) is 12.2 Å². The summed E-state index contributed by atoms with van der Waals surface area (Å²) in [6.07, 6.45) is 2.95. The molecule has 9 heteroatoms. The molecule has 0 radical (unpaired) electrons. The molecular formula is C30H24Cl3NO5. The van der Waals surface area contributed by atoms with Crippen molar-refractivity contribution >= 4 is 40.8 Å². The zero-order chi connectivity index (χ0) is 27.3. The van der Waals surface area contributed by atoms with Crippen molar-refractivity contribution in [2.75, 3.05) is 0 Å². The van der Waals surface area contributed by atoms with Gasteiger partial charge in [-0.25, -0.2) is 4.79 Å². The first-order valence-electron chi connectivity index (χ1n) is 12.6. The predicted octanol–water partition coefficient (Wildman–Crippen LogP) is 8.22. The molecule has 6 nitrogen and oxygen atoms in total. The lowest BCUT2D eigenvalue weighted by Crippen LogP contribution is -2.40. The van der Waals surface area contributed by atoms with E-state index in [-0.39, 0.29) is 18.1 Å². The average Bonchev–Trinajstić information content (AvgIpc) is 3.66. The normalized spacial score (nSPS) is 20.5. The molecule has 200 valence electrons. The number of ether oxygens (including phenoxy) is 1. The molecule has 0 saturated heterocycles. The van der Waals surface area contributed by atoms with Gasteiger partial charge in [-0.3, -0.25) is 0 Å². The first kappa shape index (κ1) is 26.2. The lowest BCUT2D eigenvalue weighted by Gasteiger charge is -2.44. The summed E-state index contributed by atoms with van der Waals surface area (Å²) in [5.41, 5.74) is 2.63. The van der Waals surface area contributed by atoms with Crippen LogP contribution < -0.4 is 4.74 Å². The fourth-order valence-electron chi connectivity index (χ4n) is 5.30. The SMILES string of the molecule is O=C(O)c1cccc([C@H]2C[C@](O)(c3ccc(OCc4c(-c5c(Cl)cccc5Cl)noc4C4CC4)cc3Cl)C2)c1. The smallest absolute Gasteiger partial charge is 0.335 e. The molecule has 0 bridgehead atoms. The molecule has 1 heterocycles. The molecule has 0 aliphatic heterocycles. The zero-order valence-corrected chi connectivity index (χ0v) is 22.9. The highest BCUT2D eigenvalue weighted by molar-refractivity contribution is 6.39. The quantitative estimate of drug-likeness (QED) is 0.217. The largest absolute Gasteiger partial charge is 0.489 e. The van der Waals surface area contributed by atoms with Crippen molar-refractivity contribution in [1.29, 1.82) is 0 Å². The minimum atomic E-state index is -1.10. The highest BCUT2D eigenvalue weighted by Gasteiger charge is 2.45. The van der Waals surface area contributed by atoms with E-state index in [1.54, 1.807) is 54.6 Å². The van der Waals surface area contributed by atoms with E-state index in [0.717, 1.165) is 29.7 Å². The molecular weight excluding hydrogens is 561 g/mol. The second-order valence-corrected chi connectivity index (χ2v) is 11.5. The summed E-state index contributed by atoms with van der Waals surface area (Å²) in [4.78, 5) is 11.3. The van der Waals surface area contributed by atoms with Crippen LogP contribution in [0.3, 0.4) is 0 Å². The second kappa shape index (κ2) is 10.2. The van der Waals surface area contributed by atoms with Crippen molar-refractivity contribution in [2.45, 2.75) is 49.7 Å². The van der Waals surface area contributed by atoms with Gasteiger partial charge in [-0.2, -0.15) is 0 Å². The van der Waals surface area contributed by atoms with Crippen molar-refractivity contribution in [2.24, 2.45) is 0 Å². The van der Waals surface area contributed by atoms with E-state index in [1.807, 2.05) is 6.07 Å². The van der Waals surface area contributed by atoms with Crippen LogP contribution in [-0.4, -0.2) is 21.3 Å². The molecule has 3 aromatic carbocycles. The maximum atomic E-state index is 11.3. The Balaban J connectivity index is 1.19. The van der Waals surface area contributed by atoms with Crippen LogP contribution in [0.1, 0.15) is 70.3 Å². The van der Waals surface area contributed by atoms with Gasteiger partial charge in [-0.1, -0.05) is 64.2 Å². The standard InChI is InChI=1S/C30H24Cl3NO5/c31-23-5-2-6-24(32)26(23)27-21(28(39-34-27)16-7-8-16)15-38-20-9-10-22(25(33)12-20)30(37)13-19(14-30)17-3-1-4-18(11-17)29(35)36/h1-6,9-12,16,19,37H,7-8,13-15H2,(H,35,36)/t19-,30+. The Bertz CT molecular complexity index is 1550. The third-order valence-electron chi connectivity index (χ3n) is 7.56. The van der Waals surface area contributed by atoms with Crippen LogP contribution in [0.4, 0.5) is 0 Å². The number of halogens is 3. The highest BCUT2D eigenvalue weighted by Crippen LogP contribution is 2.53. The predicted molar refractivity (Wildman–Crippen MR) is 149 cm³/mol. The average molecular weight is 585 g/mol. The van der Waals surface area contributed by atoms with Gasteiger partial charge in [0.1, 0.15) is 23.8 Å². The van der Waals surface area contributed by atoms with E-state index in [9.17, 15) is 15.0 Å². The minimum absolute atomic E-state index is 0.0470. The molecule has 2 N–H and O–H groups in total. The van der Waals surface area contributed by atoms with E-state index < -0.39 is 11.6 Å². The van der Waals surface area contributed by atoms with E-state index in [1.165, 1.54) is 0 Å². The number of hydrogen-bond acceptors (Lipinski definition) is 5. The Morgan fingerprint density at radius 2 is 1.69 bits per heavy atom. The Hall–Kier alpha value is -3.03. The minimum Gasteiger partial charge on any atom is -0.489 e. The Morgan fingerprint density at radius 1 is 0.974 bits per heavy atom. The molecule has 2 saturated carbocycles. The second-order valence-electron chi connectivity index (χ2n) is 10.2. The highest BCUT2D eigenvalue weighted by atomic mass is 35.5. The van der Waals surface area contributed by atoms with Gasteiger partial charge in [-0.15, -0.1) is 0 Å². The van der Waals surface area contributed by atoms with E-state index in [0.29, 0.717) is 56.4 Å². The molecule has 0 amide bonds. The van der Waals surface area contributed by atoms with Crippen LogP contribution in [0, 0.1) is 0 Å². The summed E-state index contributed by atoms with van der Waals surface area (Å²) in [6, 6.07) is 17.4. The summed E-state index contributed by atoms with van der Waals surface area (Å²) in [5, 5.41) is 26.2. The number of carboxylic acids is 1. The monoisotopic (exact) mass is 583 g/mol. The number of nitrogens with zero attached hydrogens (tertiary/aromatic N) is 1. The number of benzene rings is 3. The maximum absolute atomic E-state index is 11.3. The molecule has 2 fully saturated rings. The van der Waals surface area contributed by atoms with Crippen molar-refractivity contribution in [3.8, 4) is 17.0 Å². The van der Waals surface area contributed by atoms with Gasteiger partial charge < -0.3 is 19.5 Å². The van der Waals surface area contributed by atoms with Gasteiger partial charge in [0.05, 0.1) is 31.8 Å². The number of aromatic carboxylic acids is 1. The fraction of sp³-hybridized carbons (Fsp3) is 0.267. The van der Waals surface area contributed by atoms with Gasteiger partial charge in [0.15, 0.2) is 0 Å². The van der Waals surface area contributed by atoms with Gasteiger partial charge in [-0.05, 0) is 73.6 Å². The van der Waals surface area contributed by atoms with Crippen LogP contribution in [0.15, 0.2) is 65.2 Å². The number of carbonyl (C=O) groups is 1. The summed E-state index contributed by atoms with van der Waals surface area (Å²) in [7, 11) is 0. The number of aromatic nitrogens is 1. The van der Waals surface area contributed by atoms with Crippen molar-refractivity contribution in [3.63, 3.8) is 0 Å². The van der Waals surface area contributed by atoms with Gasteiger partial charge in [0.2, 0.25) is 0 Å². The molecule has 0 unspecified atom stereocenters. The Morgan fingerprint density at radius 3 is 2.36 bits per heavy atom. The molecule has 6 rings (SSSR count). The number of hydrogen-bond donors (Lipinski definition) is 2. The lowest BCUT2D eigenvalue weighted by atomic mass is 9.65. The van der Waals surface area contributed by atoms with Crippen LogP contribution in [0.2, 0.25) is 15.1 Å². The number of carboxylic acid groups (broad SMARTS) is 1. The van der Waals surface area contributed by atoms with Crippen LogP contribution in [0.25, 0.3) is 11.3 Å². The molecule has 2 aliphatic rings. The van der Waals surface area contributed by atoms with Gasteiger partial charge in [0.25, 0.3) is 0 Å². The molecule has 2 aliphatic carbocycles. The number of aliphatic hydroxyl groups is 1. The number of rotatable bonds is 8. The van der Waals surface area contributed by atoms with Crippen molar-refractivity contribution in [1.82, 2.24) is 5.16 Å². The van der Waals surface area contributed by atoms with E-state index in [2.05, 4.69) is 5.16 Å². The van der Waals surface area contributed by atoms with Crippen molar-refractivity contribution < 1.29 is 24.3 Å². The summed E-state index contributed by atoms with van der Waals surface area (Å²) in [6.45, 7) is 0.189. The molecule has 0 atom stereocenters. The van der Waals surface area contributed by atoms with E-state index in [4.69, 9.17) is 44.1 Å². The lowest BCUT2D eigenvalue weighted by molar-refractivity contribution is -0.0549. The Labute approximate surface area is 240 Å². The van der Waals surface area contributed by atoms with E-state index >= 15 is 0 Å².